The minimum atomic E-state index is -1.00. The van der Waals surface area contributed by atoms with E-state index < -0.39 is 5.97 Å². The number of carbonyl (C=O) groups is 1. The number of aliphatic carboxylic acids is 1. The van der Waals surface area contributed by atoms with Crippen molar-refractivity contribution in [2.45, 2.75) is 6.61 Å². The molecule has 0 amide bonds. The van der Waals surface area contributed by atoms with E-state index >= 15 is 0 Å². The van der Waals surface area contributed by atoms with Gasteiger partial charge in [0, 0.05) is 5.56 Å². The molecule has 0 aliphatic heterocycles. The Morgan fingerprint density at radius 1 is 0.926 bits per heavy atom. The molecule has 0 saturated heterocycles. The minimum Gasteiger partial charge on any atom is -0.493 e. The molecule has 0 aromatic heterocycles. The van der Waals surface area contributed by atoms with E-state index in [1.54, 1.807) is 31.4 Å². The lowest BCUT2D eigenvalue weighted by Gasteiger charge is -2.14. The third-order valence-corrected chi connectivity index (χ3v) is 4.07. The van der Waals surface area contributed by atoms with Crippen molar-refractivity contribution in [2.75, 3.05) is 7.11 Å². The van der Waals surface area contributed by atoms with Crippen LogP contribution in [-0.4, -0.2) is 18.2 Å². The summed E-state index contributed by atoms with van der Waals surface area (Å²) < 4.78 is 11.4. The molecule has 4 nitrogen and oxygen atoms in total. The molecule has 3 rings (SSSR count). The molecule has 0 saturated carbocycles. The van der Waals surface area contributed by atoms with Gasteiger partial charge in [-0.15, -0.1) is 0 Å². The summed E-state index contributed by atoms with van der Waals surface area (Å²) in [5, 5.41) is 9.67. The normalized spacial score (nSPS) is 11.1. The highest BCUT2D eigenvalue weighted by Gasteiger charge is 2.14. The van der Waals surface area contributed by atoms with Gasteiger partial charge in [-0.3, -0.25) is 0 Å². The maximum atomic E-state index is 11.8. The van der Waals surface area contributed by atoms with Crippen LogP contribution < -0.4 is 9.47 Å². The number of carboxylic acids is 1. The van der Waals surface area contributed by atoms with Crippen LogP contribution in [0.15, 0.2) is 78.9 Å². The van der Waals surface area contributed by atoms with Gasteiger partial charge in [0.1, 0.15) is 6.61 Å². The van der Waals surface area contributed by atoms with Gasteiger partial charge in [0.2, 0.25) is 0 Å². The van der Waals surface area contributed by atoms with Crippen LogP contribution in [0.1, 0.15) is 16.7 Å². The van der Waals surface area contributed by atoms with Gasteiger partial charge in [0.05, 0.1) is 12.7 Å². The first-order valence-corrected chi connectivity index (χ1v) is 8.53. The lowest BCUT2D eigenvalue weighted by atomic mass is 10.0. The Morgan fingerprint density at radius 2 is 1.59 bits per heavy atom. The first-order valence-electron chi connectivity index (χ1n) is 8.53. The Hall–Kier alpha value is -3.53. The maximum Gasteiger partial charge on any atom is 0.336 e. The second-order valence-electron chi connectivity index (χ2n) is 5.88. The Kier molecular flexibility index (Phi) is 5.90. The van der Waals surface area contributed by atoms with Crippen molar-refractivity contribution in [2.24, 2.45) is 0 Å². The van der Waals surface area contributed by atoms with Gasteiger partial charge in [0.15, 0.2) is 11.5 Å². The highest BCUT2D eigenvalue weighted by Crippen LogP contribution is 2.34. The number of carboxylic acid groups (broad SMARTS) is 1. The zero-order valence-corrected chi connectivity index (χ0v) is 15.0. The quantitative estimate of drug-likeness (QED) is 0.481. The number of hydrogen-bond donors (Lipinski definition) is 1. The topological polar surface area (TPSA) is 55.8 Å². The van der Waals surface area contributed by atoms with E-state index in [0.717, 1.165) is 5.56 Å². The Morgan fingerprint density at radius 3 is 2.22 bits per heavy atom. The lowest BCUT2D eigenvalue weighted by Crippen LogP contribution is -2.02. The molecule has 3 aromatic rings. The van der Waals surface area contributed by atoms with E-state index in [1.165, 1.54) is 0 Å². The van der Waals surface area contributed by atoms with Gasteiger partial charge in [-0.25, -0.2) is 4.79 Å². The van der Waals surface area contributed by atoms with Gasteiger partial charge >= 0.3 is 5.97 Å². The Bertz CT molecular complexity index is 931. The van der Waals surface area contributed by atoms with E-state index in [1.807, 2.05) is 60.7 Å². The van der Waals surface area contributed by atoms with Crippen LogP contribution in [-0.2, 0) is 11.4 Å². The summed E-state index contributed by atoms with van der Waals surface area (Å²) in [6.07, 6.45) is 1.61. The van der Waals surface area contributed by atoms with Crippen LogP contribution in [0.3, 0.4) is 0 Å². The van der Waals surface area contributed by atoms with Crippen LogP contribution in [0.4, 0.5) is 0 Å². The summed E-state index contributed by atoms with van der Waals surface area (Å²) in [4.78, 5) is 11.8. The highest BCUT2D eigenvalue weighted by molar-refractivity contribution is 6.20. The summed E-state index contributed by atoms with van der Waals surface area (Å²) in [7, 11) is 1.56. The Labute approximate surface area is 158 Å². The molecule has 136 valence electrons. The number of methoxy groups -OCH3 is 1. The minimum absolute atomic E-state index is 0.188. The maximum absolute atomic E-state index is 11.8. The predicted molar refractivity (Wildman–Crippen MR) is 106 cm³/mol. The van der Waals surface area contributed by atoms with E-state index in [4.69, 9.17) is 9.47 Å². The second kappa shape index (κ2) is 8.72. The molecule has 0 bridgehead atoms. The lowest BCUT2D eigenvalue weighted by molar-refractivity contribution is -0.130. The number of para-hydroxylation sites is 1. The zero-order valence-electron chi connectivity index (χ0n) is 15.0. The summed E-state index contributed by atoms with van der Waals surface area (Å²) >= 11 is 0. The number of hydrogen-bond acceptors (Lipinski definition) is 3. The van der Waals surface area contributed by atoms with Crippen molar-refractivity contribution in [3.8, 4) is 11.5 Å². The molecule has 0 radical (unpaired) electrons. The van der Waals surface area contributed by atoms with Gasteiger partial charge in [0.25, 0.3) is 0 Å². The number of ether oxygens (including phenoxy) is 2. The molecule has 0 fully saturated rings. The number of rotatable bonds is 7. The monoisotopic (exact) mass is 360 g/mol. The van der Waals surface area contributed by atoms with Gasteiger partial charge < -0.3 is 14.6 Å². The molecule has 0 heterocycles. The summed E-state index contributed by atoms with van der Waals surface area (Å²) in [6, 6.07) is 24.2. The van der Waals surface area contributed by atoms with Crippen molar-refractivity contribution >= 4 is 17.6 Å². The fraction of sp³-hybridized carbons (Fsp3) is 0.0870. The van der Waals surface area contributed by atoms with Gasteiger partial charge in [-0.2, -0.15) is 0 Å². The fourth-order valence-corrected chi connectivity index (χ4v) is 2.73. The summed E-state index contributed by atoms with van der Waals surface area (Å²) in [5.41, 5.74) is 2.47. The molecular weight excluding hydrogens is 340 g/mol. The van der Waals surface area contributed by atoms with Gasteiger partial charge in [-0.1, -0.05) is 72.8 Å². The molecule has 4 heteroatoms. The molecule has 0 aliphatic carbocycles. The first kappa shape index (κ1) is 18.3. The van der Waals surface area contributed by atoms with Gasteiger partial charge in [-0.05, 0) is 23.3 Å². The van der Waals surface area contributed by atoms with Crippen molar-refractivity contribution < 1.29 is 19.4 Å². The molecule has 0 aliphatic rings. The molecule has 27 heavy (non-hydrogen) atoms. The highest BCUT2D eigenvalue weighted by atomic mass is 16.5. The Balaban J connectivity index is 2.00. The standard InChI is InChI=1S/C23H20O4/c1-26-21-14-8-13-19(22(21)27-16-17-9-4-2-5-10-17)15-20(23(24)25)18-11-6-3-7-12-18/h2-15H,16H2,1H3,(H,24,25)/b20-15-. The van der Waals surface area contributed by atoms with E-state index in [-0.39, 0.29) is 5.57 Å². The smallest absolute Gasteiger partial charge is 0.336 e. The molecule has 1 N–H and O–H groups in total. The third-order valence-electron chi connectivity index (χ3n) is 4.07. The molecule has 3 aromatic carbocycles. The van der Waals surface area contributed by atoms with Crippen LogP contribution in [0.25, 0.3) is 11.6 Å². The number of benzene rings is 3. The van der Waals surface area contributed by atoms with Crippen LogP contribution >= 0.6 is 0 Å². The van der Waals surface area contributed by atoms with Crippen molar-refractivity contribution in [3.63, 3.8) is 0 Å². The zero-order chi connectivity index (χ0) is 19.1. The average molecular weight is 360 g/mol. The van der Waals surface area contributed by atoms with E-state index in [2.05, 4.69) is 0 Å². The van der Waals surface area contributed by atoms with Crippen molar-refractivity contribution in [1.82, 2.24) is 0 Å². The van der Waals surface area contributed by atoms with Crippen molar-refractivity contribution in [3.05, 3.63) is 95.6 Å². The first-order chi connectivity index (χ1) is 13.2. The molecule has 0 unspecified atom stereocenters. The largest absolute Gasteiger partial charge is 0.493 e. The van der Waals surface area contributed by atoms with Crippen LogP contribution in [0.2, 0.25) is 0 Å². The van der Waals surface area contributed by atoms with Crippen LogP contribution in [0, 0.1) is 0 Å². The summed E-state index contributed by atoms with van der Waals surface area (Å²) in [5.74, 6) is 0.0639. The molecule has 0 spiro atoms. The van der Waals surface area contributed by atoms with Crippen LogP contribution in [0.5, 0.6) is 11.5 Å². The fourth-order valence-electron chi connectivity index (χ4n) is 2.73. The molecular formula is C23H20O4. The van der Waals surface area contributed by atoms with E-state index in [9.17, 15) is 9.90 Å². The predicted octanol–water partition coefficient (Wildman–Crippen LogP) is 4.90. The SMILES string of the molecule is COc1cccc(/C=C(\C(=O)O)c2ccccc2)c1OCc1ccccc1. The summed E-state index contributed by atoms with van der Waals surface area (Å²) in [6.45, 7) is 0.357. The molecule has 0 atom stereocenters. The van der Waals surface area contributed by atoms with Crippen molar-refractivity contribution in [1.29, 1.82) is 0 Å². The third kappa shape index (κ3) is 4.55. The average Bonchev–Trinajstić information content (AvgIpc) is 2.71. The van der Waals surface area contributed by atoms with E-state index in [0.29, 0.717) is 29.2 Å². The second-order valence-corrected chi connectivity index (χ2v) is 5.88.